The molecule has 11 heteroatoms. The minimum atomic E-state index is -4.78. The Morgan fingerprint density at radius 1 is 1.06 bits per heavy atom. The van der Waals surface area contributed by atoms with Crippen LogP contribution in [0.25, 0.3) is 0 Å². The smallest absolute Gasteiger partial charge is 0.490 e. The van der Waals surface area contributed by atoms with Gasteiger partial charge in [-0.2, -0.15) is 0 Å². The summed E-state index contributed by atoms with van der Waals surface area (Å²) < 4.78 is 72.8. The SMILES string of the molecule is CNS(=O)(=O)c1cccc(C(=O)N2CCC(Oc3cccc(OC(F)(F)F)c3)CC2)c1. The van der Waals surface area contributed by atoms with Gasteiger partial charge in [0.25, 0.3) is 5.91 Å². The van der Waals surface area contributed by atoms with Crippen molar-refractivity contribution in [3.05, 3.63) is 54.1 Å². The molecule has 1 amide bonds. The molecule has 1 aliphatic rings. The van der Waals surface area contributed by atoms with Gasteiger partial charge in [0.15, 0.2) is 0 Å². The van der Waals surface area contributed by atoms with Crippen molar-refractivity contribution in [3.63, 3.8) is 0 Å². The molecule has 1 heterocycles. The molecule has 3 rings (SSSR count). The van der Waals surface area contributed by atoms with Crippen LogP contribution in [0.4, 0.5) is 13.2 Å². The van der Waals surface area contributed by atoms with E-state index in [2.05, 4.69) is 9.46 Å². The topological polar surface area (TPSA) is 84.9 Å². The highest BCUT2D eigenvalue weighted by Gasteiger charge is 2.31. The summed E-state index contributed by atoms with van der Waals surface area (Å²) in [6.45, 7) is 0.733. The first-order valence-electron chi connectivity index (χ1n) is 9.43. The second kappa shape index (κ2) is 9.15. The number of nitrogens with one attached hydrogen (secondary N) is 1. The van der Waals surface area contributed by atoms with Crippen molar-refractivity contribution in [2.75, 3.05) is 20.1 Å². The maximum Gasteiger partial charge on any atom is 0.573 e. The van der Waals surface area contributed by atoms with Crippen molar-refractivity contribution in [2.45, 2.75) is 30.2 Å². The van der Waals surface area contributed by atoms with Crippen LogP contribution in [0.1, 0.15) is 23.2 Å². The Kier molecular flexibility index (Phi) is 6.75. The summed E-state index contributed by atoms with van der Waals surface area (Å²) in [6.07, 6.45) is -4.11. The first-order valence-corrected chi connectivity index (χ1v) is 10.9. The third-order valence-corrected chi connectivity index (χ3v) is 6.14. The second-order valence-corrected chi connectivity index (χ2v) is 8.75. The molecule has 31 heavy (non-hydrogen) atoms. The average Bonchev–Trinajstić information content (AvgIpc) is 2.73. The van der Waals surface area contributed by atoms with Crippen molar-refractivity contribution in [1.29, 1.82) is 0 Å². The molecule has 1 fully saturated rings. The average molecular weight is 458 g/mol. The number of carbonyl (C=O) groups excluding carboxylic acids is 1. The molecule has 1 saturated heterocycles. The monoisotopic (exact) mass is 458 g/mol. The van der Waals surface area contributed by atoms with Crippen LogP contribution < -0.4 is 14.2 Å². The summed E-state index contributed by atoms with van der Waals surface area (Å²) in [5.41, 5.74) is 0.257. The highest BCUT2D eigenvalue weighted by atomic mass is 32.2. The van der Waals surface area contributed by atoms with E-state index >= 15 is 0 Å². The summed E-state index contributed by atoms with van der Waals surface area (Å²) in [7, 11) is -2.37. The van der Waals surface area contributed by atoms with E-state index in [-0.39, 0.29) is 34.0 Å². The summed E-state index contributed by atoms with van der Waals surface area (Å²) in [4.78, 5) is 14.3. The Hall–Kier alpha value is -2.79. The molecular formula is C20H21F3N2O5S. The Balaban J connectivity index is 1.59. The van der Waals surface area contributed by atoms with Gasteiger partial charge in [-0.1, -0.05) is 12.1 Å². The van der Waals surface area contributed by atoms with Gasteiger partial charge in [0, 0.05) is 37.6 Å². The number of hydrogen-bond acceptors (Lipinski definition) is 5. The molecule has 0 bridgehead atoms. The lowest BCUT2D eigenvalue weighted by atomic mass is 10.1. The fourth-order valence-corrected chi connectivity index (χ4v) is 3.99. The first kappa shape index (κ1) is 22.9. The van der Waals surface area contributed by atoms with E-state index in [1.54, 1.807) is 11.0 Å². The van der Waals surface area contributed by atoms with Crippen LogP contribution in [0, 0.1) is 0 Å². The summed E-state index contributed by atoms with van der Waals surface area (Å²) >= 11 is 0. The lowest BCUT2D eigenvalue weighted by Crippen LogP contribution is -2.41. The van der Waals surface area contributed by atoms with Crippen LogP contribution in [0.3, 0.4) is 0 Å². The quantitative estimate of drug-likeness (QED) is 0.719. The number of ether oxygens (including phenoxy) is 2. The molecule has 168 valence electrons. The van der Waals surface area contributed by atoms with Gasteiger partial charge in [-0.25, -0.2) is 13.1 Å². The van der Waals surface area contributed by atoms with Crippen LogP contribution in [-0.4, -0.2) is 51.8 Å². The Bertz CT molecular complexity index is 1040. The number of hydrogen-bond donors (Lipinski definition) is 1. The van der Waals surface area contributed by atoms with Crippen LogP contribution >= 0.6 is 0 Å². The fourth-order valence-electron chi connectivity index (χ4n) is 3.21. The van der Waals surface area contributed by atoms with Crippen LogP contribution in [-0.2, 0) is 10.0 Å². The van der Waals surface area contributed by atoms with E-state index in [4.69, 9.17) is 4.74 Å². The van der Waals surface area contributed by atoms with Gasteiger partial charge in [-0.05, 0) is 37.4 Å². The Morgan fingerprint density at radius 3 is 2.35 bits per heavy atom. The van der Waals surface area contributed by atoms with Crippen molar-refractivity contribution in [1.82, 2.24) is 9.62 Å². The molecule has 2 aromatic rings. The number of halogens is 3. The van der Waals surface area contributed by atoms with Gasteiger partial charge in [0.05, 0.1) is 4.90 Å². The largest absolute Gasteiger partial charge is 0.573 e. The lowest BCUT2D eigenvalue weighted by Gasteiger charge is -2.32. The molecule has 1 aliphatic heterocycles. The number of alkyl halides is 3. The van der Waals surface area contributed by atoms with Crippen LogP contribution in [0.15, 0.2) is 53.4 Å². The van der Waals surface area contributed by atoms with Gasteiger partial charge in [-0.15, -0.1) is 13.2 Å². The van der Waals surface area contributed by atoms with Gasteiger partial charge < -0.3 is 14.4 Å². The summed E-state index contributed by atoms with van der Waals surface area (Å²) in [5, 5.41) is 0. The molecule has 7 nitrogen and oxygen atoms in total. The minimum Gasteiger partial charge on any atom is -0.490 e. The van der Waals surface area contributed by atoms with Gasteiger partial charge in [0.2, 0.25) is 10.0 Å². The summed E-state index contributed by atoms with van der Waals surface area (Å²) in [5.74, 6) is -0.419. The number of sulfonamides is 1. The minimum absolute atomic E-state index is 0.0000249. The standard InChI is InChI=1S/C20H21F3N2O5S/c1-24-31(27,28)18-7-2-4-14(12-18)19(26)25-10-8-15(9-11-25)29-16-5-3-6-17(13-16)30-20(21,22)23/h2-7,12-13,15,24H,8-11H2,1H3. The fraction of sp³-hybridized carbons (Fsp3) is 0.350. The van der Waals surface area contributed by atoms with Gasteiger partial charge in [0.1, 0.15) is 17.6 Å². The number of nitrogens with zero attached hydrogens (tertiary/aromatic N) is 1. The zero-order valence-electron chi connectivity index (χ0n) is 16.6. The molecule has 0 saturated carbocycles. The summed E-state index contributed by atoms with van der Waals surface area (Å²) in [6, 6.07) is 11.1. The second-order valence-electron chi connectivity index (χ2n) is 6.87. The number of benzene rings is 2. The van der Waals surface area contributed by atoms with Crippen LogP contribution in [0.2, 0.25) is 0 Å². The molecule has 0 aromatic heterocycles. The van der Waals surface area contributed by atoms with E-state index < -0.39 is 16.4 Å². The van der Waals surface area contributed by atoms with Crippen molar-refractivity contribution < 1.29 is 35.9 Å². The lowest BCUT2D eigenvalue weighted by molar-refractivity contribution is -0.274. The molecular weight excluding hydrogens is 437 g/mol. The highest BCUT2D eigenvalue weighted by molar-refractivity contribution is 7.89. The number of rotatable bonds is 6. The van der Waals surface area contributed by atoms with Crippen molar-refractivity contribution in [3.8, 4) is 11.5 Å². The molecule has 1 N–H and O–H groups in total. The highest BCUT2D eigenvalue weighted by Crippen LogP contribution is 2.28. The van der Waals surface area contributed by atoms with E-state index in [0.717, 1.165) is 0 Å². The first-order chi connectivity index (χ1) is 14.6. The van der Waals surface area contributed by atoms with E-state index in [1.165, 1.54) is 49.5 Å². The number of carbonyl (C=O) groups is 1. The van der Waals surface area contributed by atoms with Gasteiger partial charge in [-0.3, -0.25) is 4.79 Å². The van der Waals surface area contributed by atoms with E-state index in [0.29, 0.717) is 25.9 Å². The predicted octanol–water partition coefficient (Wildman–Crippen LogP) is 3.18. The molecule has 0 radical (unpaired) electrons. The van der Waals surface area contributed by atoms with Crippen molar-refractivity contribution in [2.24, 2.45) is 0 Å². The molecule has 2 aromatic carbocycles. The normalized spacial score (nSPS) is 15.5. The van der Waals surface area contributed by atoms with E-state index in [1.807, 2.05) is 0 Å². The molecule has 0 atom stereocenters. The number of likely N-dealkylation sites (tertiary alicyclic amines) is 1. The third-order valence-electron chi connectivity index (χ3n) is 4.73. The zero-order valence-corrected chi connectivity index (χ0v) is 17.4. The van der Waals surface area contributed by atoms with Crippen molar-refractivity contribution >= 4 is 15.9 Å². The number of amides is 1. The molecule has 0 aliphatic carbocycles. The maximum absolute atomic E-state index is 12.8. The maximum atomic E-state index is 12.8. The van der Waals surface area contributed by atoms with Gasteiger partial charge >= 0.3 is 6.36 Å². The van der Waals surface area contributed by atoms with Crippen LogP contribution in [0.5, 0.6) is 11.5 Å². The Morgan fingerprint density at radius 2 is 1.71 bits per heavy atom. The predicted molar refractivity (Wildman–Crippen MR) is 105 cm³/mol. The van der Waals surface area contributed by atoms with E-state index in [9.17, 15) is 26.4 Å². The third kappa shape index (κ3) is 6.11. The molecule has 0 unspecified atom stereocenters. The molecule has 0 spiro atoms. The number of piperidine rings is 1. The Labute approximate surface area is 177 Å². The zero-order chi connectivity index (χ0) is 22.6.